The minimum atomic E-state index is -1.52. The molecule has 0 saturated carbocycles. The summed E-state index contributed by atoms with van der Waals surface area (Å²) in [5, 5.41) is 19.4. The number of rotatable bonds is 4. The highest BCUT2D eigenvalue weighted by Gasteiger charge is 2.22. The Balaban J connectivity index is 3.18. The van der Waals surface area contributed by atoms with Crippen molar-refractivity contribution in [2.75, 3.05) is 6.61 Å². The van der Waals surface area contributed by atoms with Crippen LogP contribution in [0, 0.1) is 0 Å². The van der Waals surface area contributed by atoms with Gasteiger partial charge in [0.15, 0.2) is 6.04 Å². The Morgan fingerprint density at radius 1 is 1.37 bits per heavy atom. The fraction of sp³-hybridized carbons (Fsp3) is 0.400. The minimum absolute atomic E-state index is 0.385. The predicted molar refractivity (Wildman–Crippen MR) is 62.9 cm³/mol. The smallest absolute Gasteiger partial charge is 0.330 e. The van der Waals surface area contributed by atoms with E-state index in [0.29, 0.717) is 0 Å². The lowest BCUT2D eigenvalue weighted by Gasteiger charge is -2.12. The summed E-state index contributed by atoms with van der Waals surface area (Å²) in [5.74, 6) is -2.41. The zero-order valence-electron chi connectivity index (χ0n) is 10.3. The summed E-state index contributed by atoms with van der Waals surface area (Å²) >= 11 is 0. The second-order valence-electron chi connectivity index (χ2n) is 3.85. The number of aryl methyl sites for hydroxylation is 1. The normalized spacial score (nSPS) is 11.9. The van der Waals surface area contributed by atoms with Gasteiger partial charge in [0, 0.05) is 20.3 Å². The molecule has 3 N–H and O–H groups in total. The number of carbonyl (C=O) groups is 2. The summed E-state index contributed by atoms with van der Waals surface area (Å²) in [6, 6.07) is -1.52. The lowest BCUT2D eigenvalue weighted by Crippen LogP contribution is -2.47. The molecular weight excluding hydrogens is 258 g/mol. The van der Waals surface area contributed by atoms with Crippen molar-refractivity contribution in [1.82, 2.24) is 14.5 Å². The molecule has 0 aliphatic carbocycles. The number of carboxylic acid groups (broad SMARTS) is 1. The first-order valence-electron chi connectivity index (χ1n) is 5.20. The number of carbonyl (C=O) groups excluding carboxylic acids is 1. The summed E-state index contributed by atoms with van der Waals surface area (Å²) in [5.41, 5.74) is -1.84. The monoisotopic (exact) mass is 271 g/mol. The van der Waals surface area contributed by atoms with E-state index in [-0.39, 0.29) is 5.56 Å². The van der Waals surface area contributed by atoms with E-state index in [1.54, 1.807) is 0 Å². The molecule has 1 unspecified atom stereocenters. The summed E-state index contributed by atoms with van der Waals surface area (Å²) in [6.07, 6.45) is 1.01. The summed E-state index contributed by atoms with van der Waals surface area (Å²) < 4.78 is 1.74. The molecule has 0 aromatic carbocycles. The van der Waals surface area contributed by atoms with E-state index >= 15 is 0 Å². The van der Waals surface area contributed by atoms with Gasteiger partial charge in [0.1, 0.15) is 5.56 Å². The second kappa shape index (κ2) is 5.48. The number of aliphatic hydroxyl groups excluding tert-OH is 1. The standard InChI is InChI=1S/C10H13N3O6/c1-12-3-5(8(16)13(2)10(12)19)7(15)11-6(4-14)9(17)18/h3,6,14H,4H2,1-2H3,(H,11,15)(H,17,18). The molecule has 0 radical (unpaired) electrons. The molecule has 1 rings (SSSR count). The van der Waals surface area contributed by atoms with E-state index in [9.17, 15) is 19.2 Å². The van der Waals surface area contributed by atoms with Crippen LogP contribution in [0.25, 0.3) is 0 Å². The third-order valence-electron chi connectivity index (χ3n) is 2.48. The van der Waals surface area contributed by atoms with Gasteiger partial charge in [-0.05, 0) is 0 Å². The van der Waals surface area contributed by atoms with E-state index in [1.165, 1.54) is 14.1 Å². The third-order valence-corrected chi connectivity index (χ3v) is 2.48. The number of nitrogens with one attached hydrogen (secondary N) is 1. The first-order chi connectivity index (χ1) is 8.79. The number of aliphatic carboxylic acids is 1. The van der Waals surface area contributed by atoms with Crippen LogP contribution in [0.5, 0.6) is 0 Å². The van der Waals surface area contributed by atoms with Crippen molar-refractivity contribution in [1.29, 1.82) is 0 Å². The van der Waals surface area contributed by atoms with Crippen molar-refractivity contribution in [2.24, 2.45) is 14.1 Å². The molecule has 0 spiro atoms. The Labute approximate surface area is 106 Å². The van der Waals surface area contributed by atoms with E-state index in [1.807, 2.05) is 5.32 Å². The van der Waals surface area contributed by atoms with Crippen molar-refractivity contribution in [3.05, 3.63) is 32.6 Å². The Bertz CT molecular complexity index is 629. The quantitative estimate of drug-likeness (QED) is 0.544. The number of hydrogen-bond acceptors (Lipinski definition) is 5. The summed E-state index contributed by atoms with van der Waals surface area (Å²) in [6.45, 7) is -0.812. The van der Waals surface area contributed by atoms with Crippen LogP contribution in [0.4, 0.5) is 0 Å². The van der Waals surface area contributed by atoms with E-state index in [4.69, 9.17) is 10.2 Å². The lowest BCUT2D eigenvalue weighted by molar-refractivity contribution is -0.140. The molecule has 9 nitrogen and oxygen atoms in total. The van der Waals surface area contributed by atoms with Crippen LogP contribution in [0.3, 0.4) is 0 Å². The van der Waals surface area contributed by atoms with Gasteiger partial charge in [-0.15, -0.1) is 0 Å². The highest BCUT2D eigenvalue weighted by atomic mass is 16.4. The van der Waals surface area contributed by atoms with Gasteiger partial charge >= 0.3 is 11.7 Å². The molecule has 9 heteroatoms. The van der Waals surface area contributed by atoms with Crippen molar-refractivity contribution < 1.29 is 19.8 Å². The fourth-order valence-corrected chi connectivity index (χ4v) is 1.39. The SMILES string of the molecule is Cn1cc(C(=O)NC(CO)C(=O)O)c(=O)n(C)c1=O. The maximum Gasteiger partial charge on any atom is 0.330 e. The third kappa shape index (κ3) is 2.88. The maximum atomic E-state index is 11.7. The highest BCUT2D eigenvalue weighted by Crippen LogP contribution is 1.91. The molecular formula is C10H13N3O6. The van der Waals surface area contributed by atoms with Gasteiger partial charge < -0.3 is 20.1 Å². The van der Waals surface area contributed by atoms with Crippen LogP contribution >= 0.6 is 0 Å². The Morgan fingerprint density at radius 2 is 1.95 bits per heavy atom. The molecule has 0 fully saturated rings. The van der Waals surface area contributed by atoms with Crippen LogP contribution in [-0.2, 0) is 18.9 Å². The predicted octanol–water partition coefficient (Wildman–Crippen LogP) is -2.74. The van der Waals surface area contributed by atoms with Crippen LogP contribution in [0.15, 0.2) is 15.8 Å². The number of carboxylic acids is 1. The maximum absolute atomic E-state index is 11.7. The first-order valence-corrected chi connectivity index (χ1v) is 5.20. The molecule has 1 aromatic heterocycles. The number of nitrogens with zero attached hydrogens (tertiary/aromatic N) is 2. The van der Waals surface area contributed by atoms with E-state index in [2.05, 4.69) is 0 Å². The van der Waals surface area contributed by atoms with Crippen molar-refractivity contribution in [2.45, 2.75) is 6.04 Å². The molecule has 0 bridgehead atoms. The molecule has 1 heterocycles. The molecule has 0 saturated heterocycles. The molecule has 1 amide bonds. The molecule has 104 valence electrons. The van der Waals surface area contributed by atoms with E-state index in [0.717, 1.165) is 15.3 Å². The van der Waals surface area contributed by atoms with Gasteiger partial charge in [0.05, 0.1) is 6.61 Å². The van der Waals surface area contributed by atoms with Crippen LogP contribution < -0.4 is 16.6 Å². The van der Waals surface area contributed by atoms with Gasteiger partial charge in [-0.3, -0.25) is 14.2 Å². The average Bonchev–Trinajstić information content (AvgIpc) is 2.36. The number of aromatic nitrogens is 2. The van der Waals surface area contributed by atoms with Crippen molar-refractivity contribution >= 4 is 11.9 Å². The van der Waals surface area contributed by atoms with Gasteiger partial charge in [0.2, 0.25) is 0 Å². The van der Waals surface area contributed by atoms with Crippen molar-refractivity contribution in [3.63, 3.8) is 0 Å². The van der Waals surface area contributed by atoms with Crippen LogP contribution in [0.1, 0.15) is 10.4 Å². The topological polar surface area (TPSA) is 131 Å². The van der Waals surface area contributed by atoms with E-state index < -0.39 is 35.8 Å². The van der Waals surface area contributed by atoms with Gasteiger partial charge in [-0.2, -0.15) is 0 Å². The molecule has 1 aromatic rings. The van der Waals surface area contributed by atoms with Gasteiger partial charge in [0.25, 0.3) is 11.5 Å². The Kier molecular flexibility index (Phi) is 4.22. The first kappa shape index (κ1) is 14.6. The van der Waals surface area contributed by atoms with Crippen molar-refractivity contribution in [3.8, 4) is 0 Å². The minimum Gasteiger partial charge on any atom is -0.480 e. The molecule has 1 atom stereocenters. The van der Waals surface area contributed by atoms with Gasteiger partial charge in [-0.1, -0.05) is 0 Å². The number of hydrogen-bond donors (Lipinski definition) is 3. The number of aliphatic hydroxyl groups is 1. The molecule has 0 aliphatic rings. The Hall–Kier alpha value is -2.42. The summed E-state index contributed by atoms with van der Waals surface area (Å²) in [4.78, 5) is 45.5. The highest BCUT2D eigenvalue weighted by molar-refractivity contribution is 5.96. The van der Waals surface area contributed by atoms with Crippen LogP contribution in [-0.4, -0.2) is 43.9 Å². The molecule has 0 aliphatic heterocycles. The largest absolute Gasteiger partial charge is 0.480 e. The lowest BCUT2D eigenvalue weighted by atomic mass is 10.2. The Morgan fingerprint density at radius 3 is 2.42 bits per heavy atom. The summed E-state index contributed by atoms with van der Waals surface area (Å²) in [7, 11) is 2.54. The zero-order chi connectivity index (χ0) is 14.7. The van der Waals surface area contributed by atoms with Crippen LogP contribution in [0.2, 0.25) is 0 Å². The molecule has 19 heavy (non-hydrogen) atoms. The zero-order valence-corrected chi connectivity index (χ0v) is 10.3. The van der Waals surface area contributed by atoms with Gasteiger partial charge in [-0.25, -0.2) is 9.59 Å². The second-order valence-corrected chi connectivity index (χ2v) is 3.85. The fourth-order valence-electron chi connectivity index (χ4n) is 1.39. The average molecular weight is 271 g/mol. The number of amides is 1.